The monoisotopic (exact) mass is 431 g/mol. The number of hydrogen-bond donors (Lipinski definition) is 0. The molecule has 0 bridgehead atoms. The van der Waals surface area contributed by atoms with E-state index in [9.17, 15) is 4.79 Å². The molecule has 1 aromatic heterocycles. The summed E-state index contributed by atoms with van der Waals surface area (Å²) in [4.78, 5) is 21.2. The fourth-order valence-electron chi connectivity index (χ4n) is 5.10. The first-order chi connectivity index (χ1) is 14.0. The molecule has 0 amide bonds. The Bertz CT molecular complexity index is 936. The van der Waals surface area contributed by atoms with Gasteiger partial charge in [0.25, 0.3) is 0 Å². The lowest BCUT2D eigenvalue weighted by Gasteiger charge is -2.39. The van der Waals surface area contributed by atoms with Gasteiger partial charge in [-0.25, -0.2) is 9.78 Å². The summed E-state index contributed by atoms with van der Waals surface area (Å²) in [7, 11) is 0. The number of aromatic nitrogens is 1. The summed E-state index contributed by atoms with van der Waals surface area (Å²) in [5.74, 6) is -0.179. The van der Waals surface area contributed by atoms with E-state index in [1.807, 2.05) is 11.4 Å². The number of likely N-dealkylation sites (tertiary alicyclic amines) is 1. The Morgan fingerprint density at radius 3 is 2.79 bits per heavy atom. The van der Waals surface area contributed by atoms with Gasteiger partial charge in [-0.2, -0.15) is 0 Å². The number of nitrogens with zero attached hydrogens (tertiary/aromatic N) is 3. The fourth-order valence-corrected chi connectivity index (χ4v) is 6.07. The van der Waals surface area contributed by atoms with Crippen LogP contribution in [0.2, 0.25) is 5.15 Å². The molecule has 2 aromatic rings. The molecule has 3 aliphatic heterocycles. The maximum atomic E-state index is 11.7. The molecule has 5 nitrogen and oxygen atoms in total. The highest BCUT2D eigenvalue weighted by molar-refractivity contribution is 7.14. The standard InChI is InChI=1S/C22H26ClN3O2S/c1-15-16(2-3-17-18(15)12-28-20(17)27)4-8-25-9-5-22(6-10-25)7-11-26(14-22)21-24-19(23)13-29-21/h2-3,13H,4-12,14H2,1H3. The largest absolute Gasteiger partial charge is 0.457 e. The van der Waals surface area contributed by atoms with Gasteiger partial charge in [0, 0.05) is 30.6 Å². The van der Waals surface area contributed by atoms with E-state index in [4.69, 9.17) is 16.3 Å². The van der Waals surface area contributed by atoms with Crippen LogP contribution >= 0.6 is 22.9 Å². The fraction of sp³-hybridized carbons (Fsp3) is 0.545. The zero-order valence-corrected chi connectivity index (χ0v) is 18.3. The second-order valence-electron chi connectivity index (χ2n) is 8.67. The van der Waals surface area contributed by atoms with Crippen molar-refractivity contribution >= 4 is 34.0 Å². The molecule has 1 spiro atoms. The summed E-state index contributed by atoms with van der Waals surface area (Å²) in [6, 6.07) is 4.05. The highest BCUT2D eigenvalue weighted by atomic mass is 35.5. The van der Waals surface area contributed by atoms with Crippen molar-refractivity contribution in [2.45, 2.75) is 39.2 Å². The minimum atomic E-state index is -0.179. The molecule has 1 aromatic carbocycles. The lowest BCUT2D eigenvalue weighted by molar-refractivity contribution is 0.0535. The van der Waals surface area contributed by atoms with Crippen LogP contribution in [-0.4, -0.2) is 48.6 Å². The van der Waals surface area contributed by atoms with E-state index in [0.29, 0.717) is 17.2 Å². The summed E-state index contributed by atoms with van der Waals surface area (Å²) in [5.41, 5.74) is 4.85. The number of benzene rings is 1. The highest BCUT2D eigenvalue weighted by Crippen LogP contribution is 2.42. The van der Waals surface area contributed by atoms with Crippen molar-refractivity contribution in [1.82, 2.24) is 9.88 Å². The number of piperidine rings is 1. The third-order valence-corrected chi connectivity index (χ3v) is 8.29. The number of thiazole rings is 1. The molecule has 3 aliphatic rings. The molecule has 0 saturated carbocycles. The number of hydrogen-bond acceptors (Lipinski definition) is 6. The first-order valence-corrected chi connectivity index (χ1v) is 11.7. The van der Waals surface area contributed by atoms with Crippen molar-refractivity contribution in [3.8, 4) is 0 Å². The quantitative estimate of drug-likeness (QED) is 0.675. The summed E-state index contributed by atoms with van der Waals surface area (Å²) in [5, 5.41) is 3.61. The molecule has 29 heavy (non-hydrogen) atoms. The van der Waals surface area contributed by atoms with Crippen LogP contribution in [0.5, 0.6) is 0 Å². The molecule has 2 saturated heterocycles. The SMILES string of the molecule is Cc1c(CCN2CCC3(CC2)CCN(c2nc(Cl)cs2)C3)ccc2c1COC2=O. The number of carbonyl (C=O) groups excluding carboxylic acids is 1. The van der Waals surface area contributed by atoms with Gasteiger partial charge >= 0.3 is 5.97 Å². The minimum Gasteiger partial charge on any atom is -0.457 e. The number of halogens is 1. The summed E-state index contributed by atoms with van der Waals surface area (Å²) >= 11 is 7.66. The second-order valence-corrected chi connectivity index (χ2v) is 9.89. The maximum absolute atomic E-state index is 11.7. The van der Waals surface area contributed by atoms with Crippen LogP contribution in [0.15, 0.2) is 17.5 Å². The molecule has 4 heterocycles. The zero-order chi connectivity index (χ0) is 20.0. The van der Waals surface area contributed by atoms with E-state index in [2.05, 4.69) is 27.8 Å². The van der Waals surface area contributed by atoms with Crippen molar-refractivity contribution in [2.24, 2.45) is 5.41 Å². The number of fused-ring (bicyclic) bond motifs is 1. The molecular formula is C22H26ClN3O2S. The third kappa shape index (κ3) is 3.66. The molecule has 0 atom stereocenters. The Kier molecular flexibility index (Phi) is 5.04. The summed E-state index contributed by atoms with van der Waals surface area (Å²) in [6.45, 7) is 8.17. The lowest BCUT2D eigenvalue weighted by Crippen LogP contribution is -2.42. The number of rotatable bonds is 4. The predicted octanol–water partition coefficient (Wildman–Crippen LogP) is 4.31. The average molecular weight is 432 g/mol. The molecule has 7 heteroatoms. The van der Waals surface area contributed by atoms with Crippen molar-refractivity contribution in [1.29, 1.82) is 0 Å². The van der Waals surface area contributed by atoms with Gasteiger partial charge in [-0.3, -0.25) is 0 Å². The van der Waals surface area contributed by atoms with E-state index < -0.39 is 0 Å². The van der Waals surface area contributed by atoms with Gasteiger partial charge in [0.1, 0.15) is 11.8 Å². The predicted molar refractivity (Wildman–Crippen MR) is 116 cm³/mol. The first-order valence-electron chi connectivity index (χ1n) is 10.4. The van der Waals surface area contributed by atoms with E-state index in [-0.39, 0.29) is 5.97 Å². The Morgan fingerprint density at radius 2 is 2.03 bits per heavy atom. The Morgan fingerprint density at radius 1 is 1.24 bits per heavy atom. The molecule has 154 valence electrons. The topological polar surface area (TPSA) is 45.7 Å². The van der Waals surface area contributed by atoms with Crippen molar-refractivity contribution in [3.63, 3.8) is 0 Å². The first kappa shape index (κ1) is 19.3. The third-order valence-electron chi connectivity index (χ3n) is 7.07. The lowest BCUT2D eigenvalue weighted by atomic mass is 9.77. The van der Waals surface area contributed by atoms with Gasteiger partial charge in [0.2, 0.25) is 0 Å². The van der Waals surface area contributed by atoms with Crippen molar-refractivity contribution < 1.29 is 9.53 Å². The smallest absolute Gasteiger partial charge is 0.338 e. The van der Waals surface area contributed by atoms with E-state index in [0.717, 1.165) is 55.4 Å². The normalized spacial score (nSPS) is 21.0. The molecule has 0 radical (unpaired) electrons. The maximum Gasteiger partial charge on any atom is 0.338 e. The van der Waals surface area contributed by atoms with E-state index >= 15 is 0 Å². The molecule has 0 N–H and O–H groups in total. The number of carbonyl (C=O) groups is 1. The number of ether oxygens (including phenoxy) is 1. The van der Waals surface area contributed by atoms with Crippen molar-refractivity contribution in [3.05, 3.63) is 44.9 Å². The number of anilines is 1. The Hall–Kier alpha value is -1.63. The molecule has 2 fully saturated rings. The van der Waals surface area contributed by atoms with Crippen LogP contribution in [0.25, 0.3) is 0 Å². The van der Waals surface area contributed by atoms with Crippen LogP contribution in [0, 0.1) is 12.3 Å². The molecule has 0 unspecified atom stereocenters. The van der Waals surface area contributed by atoms with Crippen LogP contribution in [-0.2, 0) is 17.8 Å². The average Bonchev–Trinajstić information content (AvgIpc) is 3.43. The Labute approximate surface area is 180 Å². The number of esters is 1. The molecular weight excluding hydrogens is 406 g/mol. The minimum absolute atomic E-state index is 0.179. The van der Waals surface area contributed by atoms with Gasteiger partial charge in [0.15, 0.2) is 5.13 Å². The zero-order valence-electron chi connectivity index (χ0n) is 16.7. The highest BCUT2D eigenvalue weighted by Gasteiger charge is 2.41. The summed E-state index contributed by atoms with van der Waals surface area (Å²) < 4.78 is 5.18. The molecule has 0 aliphatic carbocycles. The van der Waals surface area contributed by atoms with Crippen LogP contribution in [0.4, 0.5) is 5.13 Å². The van der Waals surface area contributed by atoms with E-state index in [1.165, 1.54) is 30.4 Å². The van der Waals surface area contributed by atoms with E-state index in [1.54, 1.807) is 11.3 Å². The van der Waals surface area contributed by atoms with Crippen LogP contribution in [0.1, 0.15) is 46.3 Å². The van der Waals surface area contributed by atoms with Gasteiger partial charge in [-0.05, 0) is 68.3 Å². The second kappa shape index (κ2) is 7.56. The van der Waals surface area contributed by atoms with Gasteiger partial charge in [0.05, 0.1) is 5.56 Å². The van der Waals surface area contributed by atoms with Gasteiger partial charge in [-0.15, -0.1) is 11.3 Å². The molecule has 5 rings (SSSR count). The Balaban J connectivity index is 1.16. The summed E-state index contributed by atoms with van der Waals surface area (Å²) in [6.07, 6.45) is 4.81. The van der Waals surface area contributed by atoms with Crippen molar-refractivity contribution in [2.75, 3.05) is 37.6 Å². The number of cyclic esters (lactones) is 1. The van der Waals surface area contributed by atoms with Crippen LogP contribution in [0.3, 0.4) is 0 Å². The van der Waals surface area contributed by atoms with Gasteiger partial charge in [-0.1, -0.05) is 17.7 Å². The van der Waals surface area contributed by atoms with Crippen LogP contribution < -0.4 is 4.90 Å². The van der Waals surface area contributed by atoms with Gasteiger partial charge < -0.3 is 14.5 Å².